The Kier molecular flexibility index (Phi) is 9.49. The van der Waals surface area contributed by atoms with Crippen LogP contribution in [0.4, 0.5) is 11.4 Å². The second-order valence-corrected chi connectivity index (χ2v) is 12.7. The van der Waals surface area contributed by atoms with Gasteiger partial charge in [0.25, 0.3) is 0 Å². The molecule has 0 bridgehead atoms. The molecule has 3 unspecified atom stereocenters. The van der Waals surface area contributed by atoms with Crippen molar-refractivity contribution >= 4 is 11.4 Å². The number of aromatic nitrogens is 6. The van der Waals surface area contributed by atoms with Gasteiger partial charge in [0.2, 0.25) is 5.79 Å². The van der Waals surface area contributed by atoms with Gasteiger partial charge in [-0.3, -0.25) is 0 Å². The molecular weight excluding hydrogens is 620 g/mol. The fourth-order valence-corrected chi connectivity index (χ4v) is 6.63. The Morgan fingerprint density at radius 2 is 1.49 bits per heavy atom. The number of rotatable bonds is 12. The molecule has 2 fully saturated rings. The molecule has 12 nitrogen and oxygen atoms in total. The van der Waals surface area contributed by atoms with Gasteiger partial charge in [0, 0.05) is 43.1 Å². The third kappa shape index (κ3) is 6.83. The molecule has 256 valence electrons. The van der Waals surface area contributed by atoms with Gasteiger partial charge in [0.1, 0.15) is 31.3 Å². The highest BCUT2D eigenvalue weighted by Crippen LogP contribution is 2.38. The number of hydrogen-bond donors (Lipinski definition) is 0. The number of ether oxygens (including phenoxy) is 3. The SMILES string of the molecule is CCc1ccccc1C1(Cn2nccn2)OCC(COc2ccc(N3CCN(c4ccc(-n5cnn(C(C)CC)c5=O)cc4)CC3)cc2)O1. The normalized spacial score (nSPS) is 20.1. The standard InChI is InChI=1S/C37H44N8O4/c1-4-28(3)45-36(46)43(27-40-45)32-12-10-30(11-13-32)41-20-22-42(23-21-41)31-14-16-33(17-15-31)47-24-34-25-48-37(49-34,26-44-38-18-19-39-44)35-9-7-6-8-29(35)5-2/h6-19,27-28,34H,4-5,20-26H2,1-3H3. The third-order valence-corrected chi connectivity index (χ3v) is 9.60. The second kappa shape index (κ2) is 14.3. The Bertz CT molecular complexity index is 1860. The molecule has 0 radical (unpaired) electrons. The molecule has 0 N–H and O–H groups in total. The molecule has 4 heterocycles. The lowest BCUT2D eigenvalue weighted by Crippen LogP contribution is -2.46. The molecule has 2 aromatic heterocycles. The van der Waals surface area contributed by atoms with E-state index in [0.29, 0.717) is 19.8 Å². The molecule has 3 aromatic carbocycles. The van der Waals surface area contributed by atoms with E-state index in [-0.39, 0.29) is 17.8 Å². The van der Waals surface area contributed by atoms with Crippen molar-refractivity contribution in [3.63, 3.8) is 0 Å². The van der Waals surface area contributed by atoms with Gasteiger partial charge < -0.3 is 24.0 Å². The van der Waals surface area contributed by atoms with Crippen LogP contribution in [0.2, 0.25) is 0 Å². The Morgan fingerprint density at radius 3 is 2.14 bits per heavy atom. The summed E-state index contributed by atoms with van der Waals surface area (Å²) >= 11 is 0. The van der Waals surface area contributed by atoms with E-state index in [9.17, 15) is 4.79 Å². The van der Waals surface area contributed by atoms with Crippen LogP contribution < -0.4 is 20.2 Å². The summed E-state index contributed by atoms with van der Waals surface area (Å²) in [7, 11) is 0. The zero-order valence-electron chi connectivity index (χ0n) is 28.4. The smallest absolute Gasteiger partial charge is 0.350 e. The van der Waals surface area contributed by atoms with Crippen molar-refractivity contribution in [3.05, 3.63) is 113 Å². The van der Waals surface area contributed by atoms with Gasteiger partial charge in [-0.2, -0.15) is 20.1 Å². The van der Waals surface area contributed by atoms with Crippen LogP contribution >= 0.6 is 0 Å². The van der Waals surface area contributed by atoms with Crippen molar-refractivity contribution in [1.29, 1.82) is 0 Å². The highest BCUT2D eigenvalue weighted by molar-refractivity contribution is 5.54. The topological polar surface area (TPSA) is 105 Å². The van der Waals surface area contributed by atoms with Crippen LogP contribution in [0, 0.1) is 0 Å². The van der Waals surface area contributed by atoms with Gasteiger partial charge >= 0.3 is 5.69 Å². The molecule has 49 heavy (non-hydrogen) atoms. The van der Waals surface area contributed by atoms with Gasteiger partial charge in [0.15, 0.2) is 0 Å². The first kappa shape index (κ1) is 32.6. The first-order chi connectivity index (χ1) is 24.0. The summed E-state index contributed by atoms with van der Waals surface area (Å²) in [5, 5.41) is 12.9. The van der Waals surface area contributed by atoms with E-state index in [1.807, 2.05) is 43.3 Å². The van der Waals surface area contributed by atoms with E-state index in [2.05, 4.69) is 75.3 Å². The highest BCUT2D eigenvalue weighted by Gasteiger charge is 2.45. The summed E-state index contributed by atoms with van der Waals surface area (Å²) < 4.78 is 22.4. The number of nitrogens with zero attached hydrogens (tertiary/aromatic N) is 8. The average Bonchev–Trinajstić information content (AvgIpc) is 3.92. The molecule has 2 saturated heterocycles. The van der Waals surface area contributed by atoms with Crippen molar-refractivity contribution in [2.24, 2.45) is 0 Å². The van der Waals surface area contributed by atoms with Gasteiger partial charge in [0.05, 0.1) is 30.7 Å². The summed E-state index contributed by atoms with van der Waals surface area (Å²) in [6.07, 6.45) is 6.40. The summed E-state index contributed by atoms with van der Waals surface area (Å²) in [4.78, 5) is 19.2. The van der Waals surface area contributed by atoms with Crippen molar-refractivity contribution < 1.29 is 14.2 Å². The highest BCUT2D eigenvalue weighted by atomic mass is 16.8. The Balaban J connectivity index is 0.926. The monoisotopic (exact) mass is 664 g/mol. The van der Waals surface area contributed by atoms with Crippen molar-refractivity contribution in [2.45, 2.75) is 58.1 Å². The zero-order chi connectivity index (χ0) is 33.8. The van der Waals surface area contributed by atoms with Gasteiger partial charge in [-0.1, -0.05) is 38.1 Å². The molecule has 0 saturated carbocycles. The number of anilines is 2. The van der Waals surface area contributed by atoms with E-state index in [0.717, 1.165) is 61.7 Å². The second-order valence-electron chi connectivity index (χ2n) is 12.7. The molecule has 2 aliphatic rings. The minimum atomic E-state index is -0.982. The first-order valence-corrected chi connectivity index (χ1v) is 17.2. The van der Waals surface area contributed by atoms with Crippen LogP contribution in [0.3, 0.4) is 0 Å². The lowest BCUT2D eigenvalue weighted by Gasteiger charge is -2.37. The van der Waals surface area contributed by atoms with Crippen LogP contribution in [0.15, 0.2) is 96.3 Å². The molecule has 0 spiro atoms. The number of hydrogen-bond acceptors (Lipinski definition) is 9. The lowest BCUT2D eigenvalue weighted by molar-refractivity contribution is -0.193. The van der Waals surface area contributed by atoms with Crippen LogP contribution in [0.5, 0.6) is 5.75 Å². The minimum Gasteiger partial charge on any atom is -0.491 e. The van der Waals surface area contributed by atoms with Gasteiger partial charge in [-0.05, 0) is 73.9 Å². The van der Waals surface area contributed by atoms with Crippen LogP contribution in [-0.2, 0) is 28.2 Å². The predicted molar refractivity (Wildman–Crippen MR) is 188 cm³/mol. The van der Waals surface area contributed by atoms with E-state index < -0.39 is 5.79 Å². The van der Waals surface area contributed by atoms with Gasteiger partial charge in [-0.25, -0.2) is 14.0 Å². The molecule has 0 amide bonds. The van der Waals surface area contributed by atoms with Crippen molar-refractivity contribution in [1.82, 2.24) is 29.3 Å². The Morgan fingerprint density at radius 1 is 0.857 bits per heavy atom. The number of aryl methyl sites for hydroxylation is 1. The molecule has 5 aromatic rings. The molecule has 2 aliphatic heterocycles. The lowest BCUT2D eigenvalue weighted by atomic mass is 9.97. The average molecular weight is 665 g/mol. The van der Waals surface area contributed by atoms with Crippen LogP contribution in [-0.4, -0.2) is 74.8 Å². The van der Waals surface area contributed by atoms with Crippen LogP contribution in [0.1, 0.15) is 44.4 Å². The predicted octanol–water partition coefficient (Wildman–Crippen LogP) is 4.83. The van der Waals surface area contributed by atoms with Crippen LogP contribution in [0.25, 0.3) is 5.69 Å². The maximum Gasteiger partial charge on any atom is 0.350 e. The number of piperazine rings is 1. The Hall–Kier alpha value is -4.94. The van der Waals surface area contributed by atoms with E-state index in [1.165, 1.54) is 11.3 Å². The summed E-state index contributed by atoms with van der Waals surface area (Å²) in [5.74, 6) is -0.190. The molecular formula is C37H44N8O4. The minimum absolute atomic E-state index is 0.0714. The fourth-order valence-electron chi connectivity index (χ4n) is 6.63. The number of benzene rings is 3. The third-order valence-electron chi connectivity index (χ3n) is 9.60. The maximum atomic E-state index is 12.8. The quantitative estimate of drug-likeness (QED) is 0.186. The molecule has 7 rings (SSSR count). The molecule has 3 atom stereocenters. The van der Waals surface area contributed by atoms with E-state index in [1.54, 1.807) is 32.8 Å². The fraction of sp³-hybridized carbons (Fsp3) is 0.405. The summed E-state index contributed by atoms with van der Waals surface area (Å²) in [5.41, 5.74) is 5.20. The summed E-state index contributed by atoms with van der Waals surface area (Å²) in [6.45, 7) is 10.9. The first-order valence-electron chi connectivity index (χ1n) is 17.2. The van der Waals surface area contributed by atoms with Gasteiger partial charge in [-0.15, -0.1) is 0 Å². The Labute approximate surface area is 286 Å². The largest absolute Gasteiger partial charge is 0.491 e. The van der Waals surface area contributed by atoms with E-state index in [4.69, 9.17) is 14.2 Å². The van der Waals surface area contributed by atoms with Crippen molar-refractivity contribution in [2.75, 3.05) is 49.2 Å². The summed E-state index contributed by atoms with van der Waals surface area (Å²) in [6, 6.07) is 24.7. The van der Waals surface area contributed by atoms with Crippen molar-refractivity contribution in [3.8, 4) is 11.4 Å². The molecule has 0 aliphatic carbocycles. The zero-order valence-corrected chi connectivity index (χ0v) is 28.4. The van der Waals surface area contributed by atoms with E-state index >= 15 is 0 Å². The maximum absolute atomic E-state index is 12.8. The molecule has 12 heteroatoms.